The van der Waals surface area contributed by atoms with Gasteiger partial charge in [-0.15, -0.1) is 0 Å². The van der Waals surface area contributed by atoms with Crippen LogP contribution < -0.4 is 0 Å². The van der Waals surface area contributed by atoms with Gasteiger partial charge in [-0.2, -0.15) is 0 Å². The van der Waals surface area contributed by atoms with Gasteiger partial charge in [0.2, 0.25) is 0 Å². The molecule has 15 heavy (non-hydrogen) atoms. The molecule has 0 fully saturated rings. The molecule has 0 aliphatic carbocycles. The van der Waals surface area contributed by atoms with Crippen molar-refractivity contribution in [3.05, 3.63) is 47.0 Å². The highest BCUT2D eigenvalue weighted by molar-refractivity contribution is 6.31. The van der Waals surface area contributed by atoms with Gasteiger partial charge in [0.25, 0.3) is 0 Å². The van der Waals surface area contributed by atoms with Gasteiger partial charge in [0.05, 0.1) is 0 Å². The maximum Gasteiger partial charge on any atom is 0.127 e. The summed E-state index contributed by atoms with van der Waals surface area (Å²) >= 11 is 5.89. The van der Waals surface area contributed by atoms with Crippen LogP contribution >= 0.6 is 11.6 Å². The fourth-order valence-corrected chi connectivity index (χ4v) is 1.78. The molecule has 0 aromatic heterocycles. The highest BCUT2D eigenvalue weighted by atomic mass is 35.5. The Balaban J connectivity index is 2.56. The lowest BCUT2D eigenvalue weighted by Gasteiger charge is -2.06. The van der Waals surface area contributed by atoms with E-state index in [0.717, 1.165) is 27.6 Å². The molecule has 0 saturated carbocycles. The number of hydrogen-bond acceptors (Lipinski definition) is 1. The SMILES string of the molecule is CC(C=O)c1ccc2cc(Cl)ccc2c1. The van der Waals surface area contributed by atoms with Gasteiger partial charge in [-0.05, 0) is 28.5 Å². The van der Waals surface area contributed by atoms with Gasteiger partial charge in [0.1, 0.15) is 6.29 Å². The van der Waals surface area contributed by atoms with E-state index in [9.17, 15) is 4.79 Å². The van der Waals surface area contributed by atoms with E-state index in [2.05, 4.69) is 0 Å². The van der Waals surface area contributed by atoms with Crippen molar-refractivity contribution in [2.45, 2.75) is 12.8 Å². The predicted molar refractivity (Wildman–Crippen MR) is 63.4 cm³/mol. The topological polar surface area (TPSA) is 17.1 Å². The average molecular weight is 219 g/mol. The molecule has 76 valence electrons. The zero-order chi connectivity index (χ0) is 10.8. The van der Waals surface area contributed by atoms with Gasteiger partial charge in [-0.25, -0.2) is 0 Å². The third-order valence-electron chi connectivity index (χ3n) is 2.56. The van der Waals surface area contributed by atoms with E-state index in [4.69, 9.17) is 11.6 Å². The Hall–Kier alpha value is -1.34. The molecule has 2 aromatic carbocycles. The van der Waals surface area contributed by atoms with E-state index in [1.165, 1.54) is 0 Å². The normalized spacial score (nSPS) is 12.7. The van der Waals surface area contributed by atoms with Crippen LogP contribution in [0.4, 0.5) is 0 Å². The third kappa shape index (κ3) is 2.02. The Morgan fingerprint density at radius 2 is 1.80 bits per heavy atom. The summed E-state index contributed by atoms with van der Waals surface area (Å²) in [5.74, 6) is -0.0509. The van der Waals surface area contributed by atoms with Crippen molar-refractivity contribution in [2.24, 2.45) is 0 Å². The van der Waals surface area contributed by atoms with Gasteiger partial charge in [-0.1, -0.05) is 42.8 Å². The minimum atomic E-state index is -0.0509. The Morgan fingerprint density at radius 1 is 1.13 bits per heavy atom. The monoisotopic (exact) mass is 218 g/mol. The molecule has 2 aromatic rings. The van der Waals surface area contributed by atoms with Gasteiger partial charge in [0.15, 0.2) is 0 Å². The predicted octanol–water partition coefficient (Wildman–Crippen LogP) is 3.80. The molecule has 0 bridgehead atoms. The van der Waals surface area contributed by atoms with Crippen molar-refractivity contribution < 1.29 is 4.79 Å². The molecule has 1 atom stereocenters. The van der Waals surface area contributed by atoms with Crippen LogP contribution in [0.15, 0.2) is 36.4 Å². The summed E-state index contributed by atoms with van der Waals surface area (Å²) in [6.07, 6.45) is 0.955. The number of benzene rings is 2. The smallest absolute Gasteiger partial charge is 0.127 e. The van der Waals surface area contributed by atoms with Crippen molar-refractivity contribution >= 4 is 28.7 Å². The largest absolute Gasteiger partial charge is 0.303 e. The lowest BCUT2D eigenvalue weighted by Crippen LogP contribution is -1.93. The molecule has 1 nitrogen and oxygen atoms in total. The first-order valence-corrected chi connectivity index (χ1v) is 5.23. The number of carbonyl (C=O) groups is 1. The van der Waals surface area contributed by atoms with Crippen LogP contribution in [0.25, 0.3) is 10.8 Å². The summed E-state index contributed by atoms with van der Waals surface area (Å²) in [5, 5.41) is 2.95. The van der Waals surface area contributed by atoms with Crippen molar-refractivity contribution in [3.63, 3.8) is 0 Å². The van der Waals surface area contributed by atoms with E-state index >= 15 is 0 Å². The lowest BCUT2D eigenvalue weighted by atomic mass is 9.99. The van der Waals surface area contributed by atoms with Crippen molar-refractivity contribution in [3.8, 4) is 0 Å². The average Bonchev–Trinajstić information content (AvgIpc) is 2.27. The number of halogens is 1. The fraction of sp³-hybridized carbons (Fsp3) is 0.154. The number of carbonyl (C=O) groups excluding carboxylic acids is 1. The van der Waals surface area contributed by atoms with Crippen molar-refractivity contribution in [1.29, 1.82) is 0 Å². The van der Waals surface area contributed by atoms with Gasteiger partial charge in [-0.3, -0.25) is 0 Å². The number of hydrogen-bond donors (Lipinski definition) is 0. The van der Waals surface area contributed by atoms with Crippen LogP contribution in [0.2, 0.25) is 5.02 Å². The van der Waals surface area contributed by atoms with Gasteiger partial charge < -0.3 is 4.79 Å². The Morgan fingerprint density at radius 3 is 2.53 bits per heavy atom. The number of fused-ring (bicyclic) bond motifs is 1. The van der Waals surface area contributed by atoms with Crippen LogP contribution in [-0.4, -0.2) is 6.29 Å². The first kappa shape index (κ1) is 10.2. The first-order chi connectivity index (χ1) is 7.20. The molecule has 0 aliphatic rings. The molecule has 2 heteroatoms. The highest BCUT2D eigenvalue weighted by Crippen LogP contribution is 2.23. The summed E-state index contributed by atoms with van der Waals surface area (Å²) in [7, 11) is 0. The quantitative estimate of drug-likeness (QED) is 0.701. The molecule has 0 radical (unpaired) electrons. The molecule has 2 rings (SSSR count). The van der Waals surface area contributed by atoms with Gasteiger partial charge in [0, 0.05) is 10.9 Å². The lowest BCUT2D eigenvalue weighted by molar-refractivity contribution is -0.108. The van der Waals surface area contributed by atoms with Crippen LogP contribution in [0.5, 0.6) is 0 Å². The van der Waals surface area contributed by atoms with E-state index in [0.29, 0.717) is 0 Å². The zero-order valence-electron chi connectivity index (χ0n) is 8.41. The first-order valence-electron chi connectivity index (χ1n) is 4.85. The molecule has 0 aliphatic heterocycles. The maximum atomic E-state index is 10.7. The van der Waals surface area contributed by atoms with E-state index in [1.54, 1.807) is 0 Å². The molecule has 1 unspecified atom stereocenters. The molecular weight excluding hydrogens is 208 g/mol. The number of rotatable bonds is 2. The van der Waals surface area contributed by atoms with E-state index in [1.807, 2.05) is 43.3 Å². The minimum Gasteiger partial charge on any atom is -0.303 e. The van der Waals surface area contributed by atoms with Crippen LogP contribution in [0, 0.1) is 0 Å². The minimum absolute atomic E-state index is 0.0509. The van der Waals surface area contributed by atoms with Crippen molar-refractivity contribution in [2.75, 3.05) is 0 Å². The summed E-state index contributed by atoms with van der Waals surface area (Å²) in [4.78, 5) is 10.7. The molecule has 0 N–H and O–H groups in total. The molecule has 0 spiro atoms. The fourth-order valence-electron chi connectivity index (χ4n) is 1.60. The number of aldehydes is 1. The molecular formula is C13H11ClO. The van der Waals surface area contributed by atoms with Crippen LogP contribution in [-0.2, 0) is 4.79 Å². The van der Waals surface area contributed by atoms with E-state index in [-0.39, 0.29) is 5.92 Å². The third-order valence-corrected chi connectivity index (χ3v) is 2.79. The summed E-state index contributed by atoms with van der Waals surface area (Å²) < 4.78 is 0. The second-order valence-corrected chi connectivity index (χ2v) is 4.11. The van der Waals surface area contributed by atoms with Crippen molar-refractivity contribution in [1.82, 2.24) is 0 Å². The van der Waals surface area contributed by atoms with E-state index < -0.39 is 0 Å². The Kier molecular flexibility index (Phi) is 2.74. The maximum absolute atomic E-state index is 10.7. The summed E-state index contributed by atoms with van der Waals surface area (Å²) in [5.41, 5.74) is 1.04. The van der Waals surface area contributed by atoms with Crippen LogP contribution in [0.3, 0.4) is 0 Å². The Bertz CT molecular complexity index is 505. The standard InChI is InChI=1S/C13H11ClO/c1-9(8-15)10-2-3-12-7-13(14)5-4-11(12)6-10/h2-9H,1H3. The van der Waals surface area contributed by atoms with Crippen LogP contribution in [0.1, 0.15) is 18.4 Å². The molecule has 0 heterocycles. The second-order valence-electron chi connectivity index (χ2n) is 3.68. The molecule has 0 amide bonds. The Labute approximate surface area is 93.7 Å². The summed E-state index contributed by atoms with van der Waals surface area (Å²) in [6.45, 7) is 1.89. The van der Waals surface area contributed by atoms with Gasteiger partial charge >= 0.3 is 0 Å². The molecule has 0 saturated heterocycles. The second kappa shape index (κ2) is 4.03. The summed E-state index contributed by atoms with van der Waals surface area (Å²) in [6, 6.07) is 11.8. The zero-order valence-corrected chi connectivity index (χ0v) is 9.16. The highest BCUT2D eigenvalue weighted by Gasteiger charge is 2.04.